The molecule has 0 radical (unpaired) electrons. The number of benzene rings is 3. The quantitative estimate of drug-likeness (QED) is 0.380. The molecule has 6 nitrogen and oxygen atoms in total. The first kappa shape index (κ1) is 23.4. The number of hydrogen-bond acceptors (Lipinski definition) is 5. The lowest BCUT2D eigenvalue weighted by Crippen LogP contribution is -2.47. The highest BCUT2D eigenvalue weighted by Gasteiger charge is 2.56. The van der Waals surface area contributed by atoms with Crippen LogP contribution in [0.2, 0.25) is 0 Å². The summed E-state index contributed by atoms with van der Waals surface area (Å²) in [6.07, 6.45) is -3.67. The van der Waals surface area contributed by atoms with Crippen LogP contribution in [-0.4, -0.2) is 41.9 Å². The van der Waals surface area contributed by atoms with Crippen LogP contribution < -0.4 is 14.2 Å². The van der Waals surface area contributed by atoms with E-state index in [1.165, 1.54) is 79.7 Å². The zero-order valence-electron chi connectivity index (χ0n) is 18.1. The van der Waals surface area contributed by atoms with E-state index in [9.17, 15) is 22.7 Å². The fourth-order valence-electron chi connectivity index (χ4n) is 3.50. The highest BCUT2D eigenvalue weighted by molar-refractivity contribution is 5.81. The van der Waals surface area contributed by atoms with Gasteiger partial charge in [0.05, 0.1) is 31.6 Å². The molecule has 0 spiro atoms. The SMILES string of the molecule is COc1ccc(OCC(O)(c2ccc3c(cnn3-c3ccc(F)cc3)c2)C(F)(F)F)cc1OC. The molecule has 4 rings (SSSR count). The summed E-state index contributed by atoms with van der Waals surface area (Å²) < 4.78 is 72.4. The average molecular weight is 476 g/mol. The van der Waals surface area contributed by atoms with Crippen LogP contribution in [0.15, 0.2) is 66.9 Å². The van der Waals surface area contributed by atoms with Crippen molar-refractivity contribution in [3.63, 3.8) is 0 Å². The Morgan fingerprint density at radius 2 is 1.62 bits per heavy atom. The number of nitrogens with zero attached hydrogens (tertiary/aromatic N) is 2. The summed E-state index contributed by atoms with van der Waals surface area (Å²) in [7, 11) is 2.81. The molecule has 3 aromatic carbocycles. The molecule has 0 aliphatic heterocycles. The van der Waals surface area contributed by atoms with Gasteiger partial charge in [-0.05, 0) is 54.1 Å². The Labute approximate surface area is 191 Å². The highest BCUT2D eigenvalue weighted by atomic mass is 19.4. The molecule has 10 heteroatoms. The van der Waals surface area contributed by atoms with Gasteiger partial charge in [0.1, 0.15) is 18.2 Å². The predicted molar refractivity (Wildman–Crippen MR) is 116 cm³/mol. The van der Waals surface area contributed by atoms with Gasteiger partial charge in [0.15, 0.2) is 11.5 Å². The minimum atomic E-state index is -5.04. The van der Waals surface area contributed by atoms with Crippen LogP contribution >= 0.6 is 0 Å². The Morgan fingerprint density at radius 3 is 2.26 bits per heavy atom. The van der Waals surface area contributed by atoms with E-state index in [-0.39, 0.29) is 11.5 Å². The number of aliphatic hydroxyl groups is 1. The van der Waals surface area contributed by atoms with Crippen LogP contribution in [0.5, 0.6) is 17.2 Å². The number of methoxy groups -OCH3 is 2. The summed E-state index contributed by atoms with van der Waals surface area (Å²) in [5.41, 5.74) is -2.69. The van der Waals surface area contributed by atoms with Crippen molar-refractivity contribution in [3.8, 4) is 22.9 Å². The smallest absolute Gasteiger partial charge is 0.424 e. The van der Waals surface area contributed by atoms with E-state index in [4.69, 9.17) is 14.2 Å². The maximum absolute atomic E-state index is 14.0. The van der Waals surface area contributed by atoms with E-state index in [1.54, 1.807) is 0 Å². The Morgan fingerprint density at radius 1 is 0.912 bits per heavy atom. The van der Waals surface area contributed by atoms with Crippen molar-refractivity contribution in [3.05, 3.63) is 78.2 Å². The van der Waals surface area contributed by atoms with Crippen LogP contribution in [0, 0.1) is 5.82 Å². The van der Waals surface area contributed by atoms with Crippen molar-refractivity contribution in [1.29, 1.82) is 0 Å². The van der Waals surface area contributed by atoms with Crippen LogP contribution in [0.4, 0.5) is 17.6 Å². The zero-order valence-corrected chi connectivity index (χ0v) is 18.1. The second kappa shape index (κ2) is 8.86. The standard InChI is InChI=1S/C24H20F4N2O4/c1-32-21-10-8-19(12-22(21)33-2)34-14-23(31,24(26,27)28)16-3-9-20-15(11-16)13-29-30(20)18-6-4-17(25)5-7-18/h3-13,31H,14H2,1-2H3. The number of aromatic nitrogens is 2. The Kier molecular flexibility index (Phi) is 6.09. The summed E-state index contributed by atoms with van der Waals surface area (Å²) in [5.74, 6) is 0.285. The van der Waals surface area contributed by atoms with Crippen molar-refractivity contribution >= 4 is 10.9 Å². The number of ether oxygens (including phenoxy) is 3. The molecule has 1 unspecified atom stereocenters. The fraction of sp³-hybridized carbons (Fsp3) is 0.208. The molecule has 1 N–H and O–H groups in total. The minimum absolute atomic E-state index is 0.0607. The summed E-state index contributed by atoms with van der Waals surface area (Å²) in [4.78, 5) is 0. The van der Waals surface area contributed by atoms with Crippen LogP contribution in [-0.2, 0) is 5.60 Å². The summed E-state index contributed by atoms with van der Waals surface area (Å²) in [6, 6.07) is 13.5. The maximum atomic E-state index is 14.0. The number of halogens is 4. The average Bonchev–Trinajstić information content (AvgIpc) is 3.25. The molecule has 0 fully saturated rings. The largest absolute Gasteiger partial charge is 0.493 e. The molecule has 4 aromatic rings. The summed E-state index contributed by atoms with van der Waals surface area (Å²) in [5, 5.41) is 15.3. The van der Waals surface area contributed by atoms with Gasteiger partial charge in [-0.15, -0.1) is 0 Å². The van der Waals surface area contributed by atoms with Crippen molar-refractivity contribution < 1.29 is 36.9 Å². The number of fused-ring (bicyclic) bond motifs is 1. The molecule has 34 heavy (non-hydrogen) atoms. The van der Waals surface area contributed by atoms with E-state index >= 15 is 0 Å². The molecular formula is C24H20F4N2O4. The van der Waals surface area contributed by atoms with E-state index in [0.717, 1.165) is 6.07 Å². The predicted octanol–water partition coefficient (Wildman–Crippen LogP) is 5.01. The Balaban J connectivity index is 1.67. The van der Waals surface area contributed by atoms with E-state index < -0.39 is 29.8 Å². The maximum Gasteiger partial charge on any atom is 0.424 e. The first-order valence-corrected chi connectivity index (χ1v) is 10.0. The third-order valence-corrected chi connectivity index (χ3v) is 5.39. The topological polar surface area (TPSA) is 65.7 Å². The van der Waals surface area contributed by atoms with Gasteiger partial charge in [0.2, 0.25) is 5.60 Å². The van der Waals surface area contributed by atoms with Crippen molar-refractivity contribution in [2.45, 2.75) is 11.8 Å². The molecule has 0 saturated carbocycles. The lowest BCUT2D eigenvalue weighted by atomic mass is 9.93. The molecule has 1 heterocycles. The monoisotopic (exact) mass is 476 g/mol. The molecule has 1 aromatic heterocycles. The number of rotatable bonds is 7. The van der Waals surface area contributed by atoms with Gasteiger partial charge < -0.3 is 19.3 Å². The Hall–Kier alpha value is -3.79. The third kappa shape index (κ3) is 4.24. The van der Waals surface area contributed by atoms with Gasteiger partial charge in [0.25, 0.3) is 0 Å². The molecule has 178 valence electrons. The zero-order chi connectivity index (χ0) is 24.5. The summed E-state index contributed by atoms with van der Waals surface area (Å²) in [6.45, 7) is -1.09. The molecular weight excluding hydrogens is 456 g/mol. The fourth-order valence-corrected chi connectivity index (χ4v) is 3.50. The minimum Gasteiger partial charge on any atom is -0.493 e. The normalized spacial score (nSPS) is 13.5. The second-order valence-corrected chi connectivity index (χ2v) is 7.47. The van der Waals surface area contributed by atoms with Gasteiger partial charge in [-0.25, -0.2) is 9.07 Å². The first-order chi connectivity index (χ1) is 16.2. The van der Waals surface area contributed by atoms with Crippen LogP contribution in [0.25, 0.3) is 16.6 Å². The van der Waals surface area contributed by atoms with E-state index in [0.29, 0.717) is 22.3 Å². The third-order valence-electron chi connectivity index (χ3n) is 5.39. The van der Waals surface area contributed by atoms with Crippen molar-refractivity contribution in [2.75, 3.05) is 20.8 Å². The molecule has 0 bridgehead atoms. The molecule has 0 aliphatic carbocycles. The molecule has 1 atom stereocenters. The summed E-state index contributed by atoms with van der Waals surface area (Å²) >= 11 is 0. The second-order valence-electron chi connectivity index (χ2n) is 7.47. The van der Waals surface area contributed by atoms with Crippen molar-refractivity contribution in [1.82, 2.24) is 9.78 Å². The molecule has 0 saturated heterocycles. The lowest BCUT2D eigenvalue weighted by molar-refractivity contribution is -0.275. The van der Waals surface area contributed by atoms with Gasteiger partial charge in [0, 0.05) is 11.5 Å². The number of hydrogen-bond donors (Lipinski definition) is 1. The molecule has 0 aliphatic rings. The first-order valence-electron chi connectivity index (χ1n) is 10.0. The van der Waals surface area contributed by atoms with Crippen molar-refractivity contribution in [2.24, 2.45) is 0 Å². The van der Waals surface area contributed by atoms with Crippen LogP contribution in [0.1, 0.15) is 5.56 Å². The lowest BCUT2D eigenvalue weighted by Gasteiger charge is -2.31. The highest BCUT2D eigenvalue weighted by Crippen LogP contribution is 2.41. The van der Waals surface area contributed by atoms with E-state index in [1.807, 2.05) is 0 Å². The van der Waals surface area contributed by atoms with Gasteiger partial charge >= 0.3 is 6.18 Å². The van der Waals surface area contributed by atoms with E-state index in [2.05, 4.69) is 5.10 Å². The van der Waals surface area contributed by atoms with Crippen LogP contribution in [0.3, 0.4) is 0 Å². The number of alkyl halides is 3. The molecule has 0 amide bonds. The van der Waals surface area contributed by atoms with Gasteiger partial charge in [-0.1, -0.05) is 6.07 Å². The van der Waals surface area contributed by atoms with Gasteiger partial charge in [-0.2, -0.15) is 18.3 Å². The van der Waals surface area contributed by atoms with Gasteiger partial charge in [-0.3, -0.25) is 0 Å². The Bertz CT molecular complexity index is 1300.